The van der Waals surface area contributed by atoms with Gasteiger partial charge in [0.2, 0.25) is 16.0 Å². The van der Waals surface area contributed by atoms with Crippen molar-refractivity contribution in [2.75, 3.05) is 18.4 Å². The molecule has 1 aromatic heterocycles. The molecule has 0 aliphatic heterocycles. The predicted octanol–water partition coefficient (Wildman–Crippen LogP) is 2.57. The van der Waals surface area contributed by atoms with E-state index in [1.807, 2.05) is 30.3 Å². The van der Waals surface area contributed by atoms with Crippen LogP contribution >= 0.6 is 0 Å². The number of rotatable bonds is 7. The third-order valence-corrected chi connectivity index (χ3v) is 5.55. The normalized spacial score (nSPS) is 11.5. The van der Waals surface area contributed by atoms with E-state index >= 15 is 0 Å². The number of hydrogen-bond acceptors (Lipinski definition) is 5. The maximum atomic E-state index is 12.8. The van der Waals surface area contributed by atoms with Gasteiger partial charge < -0.3 is 5.32 Å². The van der Waals surface area contributed by atoms with E-state index in [9.17, 15) is 8.42 Å². The Kier molecular flexibility index (Phi) is 7.10. The molecule has 8 nitrogen and oxygen atoms in total. The quantitative estimate of drug-likeness (QED) is 0.178. The molecule has 0 unspecified atom stereocenters. The first-order valence-corrected chi connectivity index (χ1v) is 10.6. The van der Waals surface area contributed by atoms with Gasteiger partial charge in [0, 0.05) is 18.3 Å². The van der Waals surface area contributed by atoms with E-state index < -0.39 is 10.0 Å². The number of hydrogen-bond donors (Lipinski definition) is 3. The Hall–Kier alpha value is -3.74. The number of anilines is 1. The summed E-state index contributed by atoms with van der Waals surface area (Å²) in [5, 5.41) is 14.2. The summed E-state index contributed by atoms with van der Waals surface area (Å²) in [4.78, 5) is 8.38. The van der Waals surface area contributed by atoms with Gasteiger partial charge in [0.1, 0.15) is 0 Å². The summed E-state index contributed by atoms with van der Waals surface area (Å²) < 4.78 is 28.2. The number of aromatic nitrogens is 1. The molecule has 30 heavy (non-hydrogen) atoms. The SMILES string of the molecule is N#CN/C(=N\CCNS(=O)(=O)c1ccccc1-c1ccccc1)Nc1cccnc1. The molecule has 0 bridgehead atoms. The van der Waals surface area contributed by atoms with Crippen LogP contribution in [0.3, 0.4) is 0 Å². The Balaban J connectivity index is 1.68. The lowest BCUT2D eigenvalue weighted by Crippen LogP contribution is -2.30. The molecule has 1 heterocycles. The van der Waals surface area contributed by atoms with Gasteiger partial charge in [0.15, 0.2) is 6.19 Å². The van der Waals surface area contributed by atoms with Crippen LogP contribution in [0.1, 0.15) is 0 Å². The molecule has 0 amide bonds. The van der Waals surface area contributed by atoms with Crippen molar-refractivity contribution in [1.29, 1.82) is 5.26 Å². The molecule has 9 heteroatoms. The van der Waals surface area contributed by atoms with E-state index in [-0.39, 0.29) is 23.9 Å². The summed E-state index contributed by atoms with van der Waals surface area (Å²) in [6.07, 6.45) is 5.00. The van der Waals surface area contributed by atoms with Crippen molar-refractivity contribution in [3.8, 4) is 17.3 Å². The second kappa shape index (κ2) is 10.2. The third-order valence-electron chi connectivity index (χ3n) is 4.03. The summed E-state index contributed by atoms with van der Waals surface area (Å²) in [5.74, 6) is 0.203. The molecule has 3 aromatic rings. The van der Waals surface area contributed by atoms with Crippen LogP contribution in [0.25, 0.3) is 11.1 Å². The number of pyridine rings is 1. The molecule has 0 aliphatic rings. The minimum Gasteiger partial charge on any atom is -0.324 e. The van der Waals surface area contributed by atoms with E-state index in [1.165, 1.54) is 0 Å². The molecule has 3 N–H and O–H groups in total. The van der Waals surface area contributed by atoms with Gasteiger partial charge in [0.05, 0.1) is 23.3 Å². The van der Waals surface area contributed by atoms with Gasteiger partial charge in [-0.2, -0.15) is 5.26 Å². The Bertz CT molecular complexity index is 1140. The highest BCUT2D eigenvalue weighted by Crippen LogP contribution is 2.26. The summed E-state index contributed by atoms with van der Waals surface area (Å²) >= 11 is 0. The number of nitrogens with zero attached hydrogens (tertiary/aromatic N) is 3. The maximum Gasteiger partial charge on any atom is 0.241 e. The fourth-order valence-corrected chi connectivity index (χ4v) is 3.97. The van der Waals surface area contributed by atoms with Gasteiger partial charge >= 0.3 is 0 Å². The van der Waals surface area contributed by atoms with Crippen LogP contribution in [-0.2, 0) is 10.0 Å². The van der Waals surface area contributed by atoms with E-state index in [2.05, 4.69) is 25.3 Å². The zero-order valence-corrected chi connectivity index (χ0v) is 16.8. The van der Waals surface area contributed by atoms with Crippen LogP contribution in [-0.4, -0.2) is 32.5 Å². The van der Waals surface area contributed by atoms with E-state index in [1.54, 1.807) is 55.0 Å². The zero-order valence-electron chi connectivity index (χ0n) is 16.0. The molecule has 0 saturated heterocycles. The van der Waals surface area contributed by atoms with E-state index in [4.69, 9.17) is 5.26 Å². The van der Waals surface area contributed by atoms with Gasteiger partial charge in [-0.05, 0) is 23.8 Å². The van der Waals surface area contributed by atoms with Crippen molar-refractivity contribution in [3.63, 3.8) is 0 Å². The Morgan fingerprint density at radius 3 is 2.53 bits per heavy atom. The summed E-state index contributed by atoms with van der Waals surface area (Å²) in [5.41, 5.74) is 2.09. The highest BCUT2D eigenvalue weighted by atomic mass is 32.2. The average Bonchev–Trinajstić information content (AvgIpc) is 2.78. The van der Waals surface area contributed by atoms with Crippen molar-refractivity contribution >= 4 is 21.7 Å². The van der Waals surface area contributed by atoms with Crippen LogP contribution in [0.2, 0.25) is 0 Å². The second-order valence-electron chi connectivity index (χ2n) is 6.09. The first-order chi connectivity index (χ1) is 14.6. The molecule has 0 radical (unpaired) electrons. The van der Waals surface area contributed by atoms with Gasteiger partial charge in [-0.15, -0.1) is 0 Å². The third kappa shape index (κ3) is 5.64. The fourth-order valence-electron chi connectivity index (χ4n) is 2.72. The lowest BCUT2D eigenvalue weighted by Gasteiger charge is -2.12. The molecular weight excluding hydrogens is 400 g/mol. The number of benzene rings is 2. The summed E-state index contributed by atoms with van der Waals surface area (Å²) in [6.45, 7) is 0.195. The molecule has 0 atom stereocenters. The van der Waals surface area contributed by atoms with Gasteiger partial charge in [-0.25, -0.2) is 13.1 Å². The van der Waals surface area contributed by atoms with Crippen LogP contribution in [0.15, 0.2) is 89.0 Å². The molecule has 2 aromatic carbocycles. The number of nitrogens with one attached hydrogen (secondary N) is 3. The molecular formula is C21H20N6O2S. The average molecular weight is 420 g/mol. The molecule has 0 saturated carbocycles. The highest BCUT2D eigenvalue weighted by Gasteiger charge is 2.18. The number of sulfonamides is 1. The molecule has 0 fully saturated rings. The van der Waals surface area contributed by atoms with E-state index in [0.29, 0.717) is 11.3 Å². The molecule has 152 valence electrons. The Labute approximate surface area is 175 Å². The monoisotopic (exact) mass is 420 g/mol. The van der Waals surface area contributed by atoms with Crippen LogP contribution in [0.5, 0.6) is 0 Å². The smallest absolute Gasteiger partial charge is 0.241 e. The van der Waals surface area contributed by atoms with Gasteiger partial charge in [-0.3, -0.25) is 15.3 Å². The minimum atomic E-state index is -3.74. The first kappa shape index (κ1) is 21.0. The predicted molar refractivity (Wildman–Crippen MR) is 116 cm³/mol. The molecule has 3 rings (SSSR count). The van der Waals surface area contributed by atoms with Gasteiger partial charge in [0.25, 0.3) is 0 Å². The zero-order chi connectivity index (χ0) is 21.2. The topological polar surface area (TPSA) is 119 Å². The first-order valence-electron chi connectivity index (χ1n) is 9.11. The fraction of sp³-hybridized carbons (Fsp3) is 0.0952. The van der Waals surface area contributed by atoms with Crippen molar-refractivity contribution in [3.05, 3.63) is 79.1 Å². The maximum absolute atomic E-state index is 12.8. The number of nitriles is 1. The molecule has 0 spiro atoms. The number of guanidine groups is 1. The van der Waals surface area contributed by atoms with Crippen molar-refractivity contribution < 1.29 is 8.42 Å². The molecule has 0 aliphatic carbocycles. The summed E-state index contributed by atoms with van der Waals surface area (Å²) in [7, 11) is -3.74. The highest BCUT2D eigenvalue weighted by molar-refractivity contribution is 7.89. The van der Waals surface area contributed by atoms with Crippen LogP contribution < -0.4 is 15.4 Å². The second-order valence-corrected chi connectivity index (χ2v) is 7.83. The van der Waals surface area contributed by atoms with Crippen molar-refractivity contribution in [2.45, 2.75) is 4.90 Å². The van der Waals surface area contributed by atoms with Crippen LogP contribution in [0.4, 0.5) is 5.69 Å². The van der Waals surface area contributed by atoms with Crippen LogP contribution in [0, 0.1) is 11.5 Å². The minimum absolute atomic E-state index is 0.0663. The van der Waals surface area contributed by atoms with E-state index in [0.717, 1.165) is 5.56 Å². The summed E-state index contributed by atoms with van der Waals surface area (Å²) in [6, 6.07) is 19.7. The lowest BCUT2D eigenvalue weighted by atomic mass is 10.1. The standard InChI is InChI=1S/C21H20N6O2S/c22-16-25-21(27-18-9-6-12-23-15-18)24-13-14-26-30(28,29)20-11-5-4-10-19(20)17-7-2-1-3-8-17/h1-12,15,26H,13-14H2,(H2,24,25,27). The van der Waals surface area contributed by atoms with Gasteiger partial charge in [-0.1, -0.05) is 48.5 Å². The lowest BCUT2D eigenvalue weighted by molar-refractivity contribution is 0.582. The van der Waals surface area contributed by atoms with Crippen molar-refractivity contribution in [1.82, 2.24) is 15.0 Å². The Morgan fingerprint density at radius 2 is 1.80 bits per heavy atom. The number of aliphatic imine (C=N–C) groups is 1. The van der Waals surface area contributed by atoms with Crippen molar-refractivity contribution in [2.24, 2.45) is 4.99 Å². The largest absolute Gasteiger partial charge is 0.324 e. The Morgan fingerprint density at radius 1 is 1.03 bits per heavy atom.